The Morgan fingerprint density at radius 1 is 1.17 bits per heavy atom. The molecular weight excluding hydrogens is 664 g/mol. The maximum Gasteiger partial charge on any atom is 0.361 e. The minimum atomic E-state index is -2.52. The molecule has 1 amide bonds. The third-order valence-electron chi connectivity index (χ3n) is 7.51. The number of rotatable bonds is 9. The van der Waals surface area contributed by atoms with Crippen LogP contribution in [-0.4, -0.2) is 33.1 Å². The number of aromatic nitrogens is 2. The van der Waals surface area contributed by atoms with E-state index in [4.69, 9.17) is 4.74 Å². The van der Waals surface area contributed by atoms with E-state index in [1.54, 1.807) is 22.2 Å². The van der Waals surface area contributed by atoms with Crippen molar-refractivity contribution >= 4 is 45.8 Å². The molecule has 42 heavy (non-hydrogen) atoms. The first-order chi connectivity index (χ1) is 20.1. The fourth-order valence-corrected chi connectivity index (χ4v) is 7.06. The molecule has 6 nitrogen and oxygen atoms in total. The number of nitrogens with zero attached hydrogens (tertiary/aromatic N) is 3. The molecule has 0 bridgehead atoms. The zero-order chi connectivity index (χ0) is 30.0. The van der Waals surface area contributed by atoms with Crippen molar-refractivity contribution in [2.75, 3.05) is 6.54 Å². The average Bonchev–Trinajstić information content (AvgIpc) is 3.65. The number of ether oxygens (including phenoxy) is 1. The molecule has 2 aromatic carbocycles. The van der Waals surface area contributed by atoms with Crippen molar-refractivity contribution in [3.63, 3.8) is 0 Å². The Hall–Kier alpha value is -3.31. The molecule has 4 aromatic rings. The molecule has 2 aromatic heterocycles. The summed E-state index contributed by atoms with van der Waals surface area (Å²) in [6.07, 6.45) is 3.14. The van der Waals surface area contributed by atoms with Gasteiger partial charge in [-0.3, -0.25) is 9.48 Å². The molecule has 218 valence electrons. The van der Waals surface area contributed by atoms with E-state index in [9.17, 15) is 9.59 Å². The first-order valence-electron chi connectivity index (χ1n) is 13.9. The summed E-state index contributed by atoms with van der Waals surface area (Å²) in [7, 11) is 0. The molecule has 1 aliphatic heterocycles. The third-order valence-corrected chi connectivity index (χ3v) is 9.90. The molecule has 1 unspecified atom stereocenters. The van der Waals surface area contributed by atoms with E-state index in [1.165, 1.54) is 39.1 Å². The lowest BCUT2D eigenvalue weighted by Gasteiger charge is -2.33. The zero-order valence-electron chi connectivity index (χ0n) is 23.8. The van der Waals surface area contributed by atoms with Crippen molar-refractivity contribution in [3.05, 3.63) is 112 Å². The lowest BCUT2D eigenvalue weighted by atomic mass is 9.83. The van der Waals surface area contributed by atoms with Crippen LogP contribution >= 0.6 is 33.9 Å². The molecule has 0 saturated heterocycles. The van der Waals surface area contributed by atoms with Gasteiger partial charge in [0.1, 0.15) is 12.3 Å². The summed E-state index contributed by atoms with van der Waals surface area (Å²) in [6, 6.07) is 19.2. The first kappa shape index (κ1) is 30.2. The fraction of sp³-hybridized carbons (Fsp3) is 0.303. The number of hydrogen-bond donors (Lipinski definition) is 0. The average molecular weight is 698 g/mol. The smallest absolute Gasteiger partial charge is 0.361 e. The summed E-state index contributed by atoms with van der Waals surface area (Å²) in [5.74, 6) is -0.932. The summed E-state index contributed by atoms with van der Waals surface area (Å²) in [4.78, 5) is 30.2. The third kappa shape index (κ3) is 5.94. The highest BCUT2D eigenvalue weighted by Gasteiger charge is 2.45. The predicted octanol–water partition coefficient (Wildman–Crippen LogP) is 7.72. The monoisotopic (exact) mass is 697 g/mol. The normalized spacial score (nSPS) is 16.1. The van der Waals surface area contributed by atoms with Crippen LogP contribution in [0.3, 0.4) is 0 Å². The number of halogens is 2. The van der Waals surface area contributed by atoms with Crippen molar-refractivity contribution in [2.45, 2.75) is 56.0 Å². The quantitative estimate of drug-likeness (QED) is 0.0778. The van der Waals surface area contributed by atoms with Crippen LogP contribution in [0.1, 0.15) is 64.7 Å². The second-order valence-corrected chi connectivity index (χ2v) is 13.3. The molecule has 0 spiro atoms. The second kappa shape index (κ2) is 12.5. The summed E-state index contributed by atoms with van der Waals surface area (Å²) in [6.45, 7) is 11.4. The van der Waals surface area contributed by atoms with Gasteiger partial charge in [0.05, 0.1) is 6.54 Å². The van der Waals surface area contributed by atoms with Crippen LogP contribution in [0.25, 0.3) is 11.1 Å². The minimum absolute atomic E-state index is 0.00120. The maximum absolute atomic E-state index is 16.5. The van der Waals surface area contributed by atoms with E-state index < -0.39 is 9.64 Å². The summed E-state index contributed by atoms with van der Waals surface area (Å²) in [5, 5.41) is 4.52. The summed E-state index contributed by atoms with van der Waals surface area (Å²) in [5.41, 5.74) is 4.17. The fourth-order valence-electron chi connectivity index (χ4n) is 5.26. The van der Waals surface area contributed by atoms with Gasteiger partial charge in [0, 0.05) is 40.5 Å². The molecule has 2 atom stereocenters. The van der Waals surface area contributed by atoms with Crippen LogP contribution in [-0.2, 0) is 37.7 Å². The zero-order valence-corrected chi connectivity index (χ0v) is 26.8. The molecule has 1 aliphatic rings. The van der Waals surface area contributed by atoms with Crippen molar-refractivity contribution in [1.29, 1.82) is 0 Å². The molecule has 3 heterocycles. The van der Waals surface area contributed by atoms with Crippen molar-refractivity contribution < 1.29 is 18.7 Å². The molecule has 0 N–H and O–H groups in total. The second-order valence-electron chi connectivity index (χ2n) is 10.6. The highest BCUT2D eigenvalue weighted by Crippen LogP contribution is 2.46. The van der Waals surface area contributed by atoms with Crippen LogP contribution in [0.4, 0.5) is 4.39 Å². The standard InChI is InChI=1S/C33H33FIN3O3S/c1-5-30(39)37-17-26(25-16-28(21(3)4)42-29(25)19-37)23-14-10-11-15-24(23)27-18-38(6-2)36-31(27)33(34,35)32(40)41-20-22-12-8-7-9-13-22/h5,7-16,18,21,26H,1,6,17,19-20H2,2-4H3/t26-,33?/m0/s1. The minimum Gasteiger partial charge on any atom is -0.458 e. The van der Waals surface area contributed by atoms with Gasteiger partial charge in [0.25, 0.3) is 3.68 Å². The van der Waals surface area contributed by atoms with E-state index in [0.717, 1.165) is 21.6 Å². The van der Waals surface area contributed by atoms with Gasteiger partial charge in [-0.05, 0) is 69.8 Å². The van der Waals surface area contributed by atoms with Crippen LogP contribution in [0.15, 0.2) is 79.5 Å². The number of carbonyl (C=O) groups excluding carboxylic acids is 2. The molecule has 0 fully saturated rings. The van der Waals surface area contributed by atoms with Crippen LogP contribution in [0.5, 0.6) is 0 Å². The summed E-state index contributed by atoms with van der Waals surface area (Å²) < 4.78 is 21.1. The SMILES string of the molecule is C=CC(=O)N1Cc2sc(C(C)C)cc2[C@H](c2ccccc2-c2cn(CC)nc2C(F)(I)C(=O)OCc2ccccc2)C1. The van der Waals surface area contributed by atoms with Crippen molar-refractivity contribution in [3.8, 4) is 11.1 Å². The Morgan fingerprint density at radius 2 is 1.88 bits per heavy atom. The number of hydrogen-bond acceptors (Lipinski definition) is 5. The number of benzene rings is 2. The van der Waals surface area contributed by atoms with Gasteiger partial charge < -0.3 is 9.64 Å². The Balaban J connectivity index is 1.58. The Kier molecular flexibility index (Phi) is 8.98. The van der Waals surface area contributed by atoms with E-state index >= 15 is 4.39 Å². The van der Waals surface area contributed by atoms with E-state index in [0.29, 0.717) is 31.1 Å². The Labute approximate surface area is 263 Å². The number of alkyl halides is 2. The van der Waals surface area contributed by atoms with Crippen molar-refractivity contribution in [2.24, 2.45) is 0 Å². The highest BCUT2D eigenvalue weighted by atomic mass is 127. The Morgan fingerprint density at radius 3 is 2.57 bits per heavy atom. The lowest BCUT2D eigenvalue weighted by Crippen LogP contribution is -2.37. The van der Waals surface area contributed by atoms with Gasteiger partial charge in [-0.15, -0.1) is 11.3 Å². The first-order valence-corrected chi connectivity index (χ1v) is 15.8. The Bertz CT molecular complexity index is 1610. The van der Waals surface area contributed by atoms with Gasteiger partial charge in [0.2, 0.25) is 5.91 Å². The van der Waals surface area contributed by atoms with Gasteiger partial charge in [-0.1, -0.05) is 75.0 Å². The van der Waals surface area contributed by atoms with E-state index in [1.807, 2.05) is 66.4 Å². The molecule has 5 rings (SSSR count). The van der Waals surface area contributed by atoms with E-state index in [2.05, 4.69) is 31.6 Å². The van der Waals surface area contributed by atoms with Crippen molar-refractivity contribution in [1.82, 2.24) is 14.7 Å². The molecular formula is C33H33FIN3O3S. The number of carbonyl (C=O) groups is 2. The van der Waals surface area contributed by atoms with Gasteiger partial charge >= 0.3 is 5.97 Å². The predicted molar refractivity (Wildman–Crippen MR) is 172 cm³/mol. The van der Waals surface area contributed by atoms with Crippen LogP contribution < -0.4 is 0 Å². The summed E-state index contributed by atoms with van der Waals surface area (Å²) >= 11 is 3.24. The van der Waals surface area contributed by atoms with E-state index in [-0.39, 0.29) is 24.1 Å². The number of fused-ring (bicyclic) bond motifs is 1. The molecule has 9 heteroatoms. The molecule has 0 saturated carbocycles. The topological polar surface area (TPSA) is 64.4 Å². The molecule has 0 aliphatic carbocycles. The highest BCUT2D eigenvalue weighted by molar-refractivity contribution is 14.1. The number of amides is 1. The number of esters is 1. The lowest BCUT2D eigenvalue weighted by molar-refractivity contribution is -0.152. The van der Waals surface area contributed by atoms with Gasteiger partial charge in [-0.2, -0.15) is 5.10 Å². The van der Waals surface area contributed by atoms with Crippen LogP contribution in [0, 0.1) is 0 Å². The largest absolute Gasteiger partial charge is 0.458 e. The van der Waals surface area contributed by atoms with Gasteiger partial charge in [0.15, 0.2) is 0 Å². The number of thiophene rings is 1. The number of aryl methyl sites for hydroxylation is 1. The maximum atomic E-state index is 16.5. The van der Waals surface area contributed by atoms with Gasteiger partial charge in [-0.25, -0.2) is 9.18 Å². The van der Waals surface area contributed by atoms with Crippen LogP contribution in [0.2, 0.25) is 0 Å². The molecule has 0 radical (unpaired) electrons.